The summed E-state index contributed by atoms with van der Waals surface area (Å²) in [5, 5.41) is 3.49. The molecule has 0 aromatic heterocycles. The Morgan fingerprint density at radius 1 is 1.18 bits per heavy atom. The van der Waals surface area contributed by atoms with E-state index in [1.165, 1.54) is 12.1 Å². The lowest BCUT2D eigenvalue weighted by atomic mass is 9.82. The highest BCUT2D eigenvalue weighted by atomic mass is 79.9. The molecule has 0 bridgehead atoms. The van der Waals surface area contributed by atoms with Crippen LogP contribution in [0.4, 0.5) is 0 Å². The second kappa shape index (κ2) is 4.92. The molecule has 2 aliphatic rings. The van der Waals surface area contributed by atoms with Gasteiger partial charge in [-0.25, -0.2) is 0 Å². The molecule has 1 saturated heterocycles. The van der Waals surface area contributed by atoms with Gasteiger partial charge < -0.3 is 5.32 Å². The van der Waals surface area contributed by atoms with Crippen molar-refractivity contribution in [2.45, 2.75) is 12.0 Å². The van der Waals surface area contributed by atoms with Gasteiger partial charge in [0.2, 0.25) is 0 Å². The Kier molecular flexibility index (Phi) is 3.32. The summed E-state index contributed by atoms with van der Waals surface area (Å²) >= 11 is 3.49. The fraction of sp³-hybridized carbons (Fsp3) is 0.429. The first-order valence-electron chi connectivity index (χ1n) is 6.20. The Morgan fingerprint density at radius 2 is 2.00 bits per heavy atom. The van der Waals surface area contributed by atoms with E-state index >= 15 is 0 Å². The lowest BCUT2D eigenvalue weighted by molar-refractivity contribution is 0.0715. The molecule has 1 aromatic rings. The Morgan fingerprint density at radius 3 is 2.82 bits per heavy atom. The summed E-state index contributed by atoms with van der Waals surface area (Å²) in [5.41, 5.74) is 1.47. The molecule has 17 heavy (non-hydrogen) atoms. The molecule has 2 heterocycles. The van der Waals surface area contributed by atoms with Crippen molar-refractivity contribution < 1.29 is 0 Å². The van der Waals surface area contributed by atoms with E-state index in [1.807, 2.05) is 0 Å². The molecule has 1 N–H and O–H groups in total. The molecule has 90 valence electrons. The van der Waals surface area contributed by atoms with Crippen molar-refractivity contribution in [3.63, 3.8) is 0 Å². The molecule has 1 fully saturated rings. The number of hydrogen-bond donors (Lipinski definition) is 1. The molecule has 2 unspecified atom stereocenters. The smallest absolute Gasteiger partial charge is 0.0305 e. The molecule has 0 radical (unpaired) electrons. The zero-order valence-corrected chi connectivity index (χ0v) is 11.4. The van der Waals surface area contributed by atoms with Gasteiger partial charge in [-0.2, -0.15) is 0 Å². The average molecular weight is 293 g/mol. The molecule has 0 aliphatic carbocycles. The van der Waals surface area contributed by atoms with E-state index in [2.05, 4.69) is 62.6 Å². The molecule has 1 aromatic carbocycles. The van der Waals surface area contributed by atoms with Crippen molar-refractivity contribution in [1.29, 1.82) is 0 Å². The van der Waals surface area contributed by atoms with Crippen molar-refractivity contribution in [2.24, 2.45) is 0 Å². The highest BCUT2D eigenvalue weighted by Gasteiger charge is 2.38. The lowest BCUT2D eigenvalue weighted by Crippen LogP contribution is -2.59. The highest BCUT2D eigenvalue weighted by Crippen LogP contribution is 2.34. The molecular weight excluding hydrogens is 276 g/mol. The number of nitrogens with zero attached hydrogens (tertiary/aromatic N) is 1. The number of nitrogens with one attached hydrogen (secondary N) is 1. The van der Waals surface area contributed by atoms with Gasteiger partial charge in [0.25, 0.3) is 0 Å². The van der Waals surface area contributed by atoms with E-state index in [4.69, 9.17) is 0 Å². The van der Waals surface area contributed by atoms with Gasteiger partial charge in [-0.3, -0.25) is 4.90 Å². The van der Waals surface area contributed by atoms with E-state index in [1.54, 1.807) is 0 Å². The Hall–Kier alpha value is -0.640. The second-order valence-electron chi connectivity index (χ2n) is 4.81. The van der Waals surface area contributed by atoms with Gasteiger partial charge in [-0.15, -0.1) is 0 Å². The normalized spacial score (nSPS) is 29.0. The minimum atomic E-state index is 0.668. The van der Waals surface area contributed by atoms with E-state index < -0.39 is 0 Å². The SMILES string of the molecule is Brc1ccc(C2CN3CC=CCNCC23)cc1. The van der Waals surface area contributed by atoms with Crippen LogP contribution in [0.2, 0.25) is 0 Å². The first kappa shape index (κ1) is 11.5. The van der Waals surface area contributed by atoms with Gasteiger partial charge in [0, 0.05) is 42.6 Å². The van der Waals surface area contributed by atoms with E-state index in [-0.39, 0.29) is 0 Å². The zero-order valence-electron chi connectivity index (χ0n) is 9.77. The monoisotopic (exact) mass is 292 g/mol. The van der Waals surface area contributed by atoms with Crippen molar-refractivity contribution in [2.75, 3.05) is 26.2 Å². The first-order chi connectivity index (χ1) is 8.34. The largest absolute Gasteiger partial charge is 0.312 e. The fourth-order valence-corrected chi connectivity index (χ4v) is 3.02. The van der Waals surface area contributed by atoms with Crippen LogP contribution in [0.25, 0.3) is 0 Å². The minimum Gasteiger partial charge on any atom is -0.312 e. The summed E-state index contributed by atoms with van der Waals surface area (Å²) in [6.45, 7) is 4.42. The minimum absolute atomic E-state index is 0.668. The molecule has 3 rings (SSSR count). The van der Waals surface area contributed by atoms with Crippen LogP contribution < -0.4 is 5.32 Å². The van der Waals surface area contributed by atoms with Gasteiger partial charge in [-0.1, -0.05) is 40.2 Å². The molecule has 2 atom stereocenters. The van der Waals surface area contributed by atoms with Crippen LogP contribution in [0.15, 0.2) is 40.9 Å². The van der Waals surface area contributed by atoms with Crippen LogP contribution in [0.3, 0.4) is 0 Å². The lowest BCUT2D eigenvalue weighted by Gasteiger charge is -2.49. The van der Waals surface area contributed by atoms with Crippen molar-refractivity contribution in [1.82, 2.24) is 10.2 Å². The number of benzene rings is 1. The van der Waals surface area contributed by atoms with Crippen LogP contribution >= 0.6 is 15.9 Å². The van der Waals surface area contributed by atoms with Crippen molar-refractivity contribution in [3.8, 4) is 0 Å². The Bertz CT molecular complexity index is 413. The molecule has 3 heteroatoms. The van der Waals surface area contributed by atoms with E-state index in [0.29, 0.717) is 12.0 Å². The van der Waals surface area contributed by atoms with Crippen LogP contribution in [0, 0.1) is 0 Å². The summed E-state index contributed by atoms with van der Waals surface area (Å²) in [5.74, 6) is 0.696. The summed E-state index contributed by atoms with van der Waals surface area (Å²) in [6.07, 6.45) is 4.50. The molecule has 0 spiro atoms. The van der Waals surface area contributed by atoms with Gasteiger partial charge in [0.1, 0.15) is 0 Å². The molecule has 2 nitrogen and oxygen atoms in total. The number of rotatable bonds is 1. The van der Waals surface area contributed by atoms with E-state index in [0.717, 1.165) is 24.1 Å². The van der Waals surface area contributed by atoms with Gasteiger partial charge in [0.05, 0.1) is 0 Å². The zero-order chi connectivity index (χ0) is 11.7. The third-order valence-electron chi connectivity index (χ3n) is 3.79. The third-order valence-corrected chi connectivity index (χ3v) is 4.31. The van der Waals surface area contributed by atoms with Gasteiger partial charge in [-0.05, 0) is 17.7 Å². The van der Waals surface area contributed by atoms with Crippen LogP contribution in [0.5, 0.6) is 0 Å². The number of halogens is 1. The fourth-order valence-electron chi connectivity index (χ4n) is 2.75. The predicted molar refractivity (Wildman–Crippen MR) is 74.3 cm³/mol. The Balaban J connectivity index is 1.74. The molecule has 0 amide bonds. The predicted octanol–water partition coefficient (Wildman–Crippen LogP) is 2.38. The third kappa shape index (κ3) is 2.32. The topological polar surface area (TPSA) is 15.3 Å². The maximum Gasteiger partial charge on any atom is 0.0305 e. The maximum absolute atomic E-state index is 3.49. The summed E-state index contributed by atoms with van der Waals surface area (Å²) in [7, 11) is 0. The summed E-state index contributed by atoms with van der Waals surface area (Å²) in [4.78, 5) is 2.55. The van der Waals surface area contributed by atoms with Crippen LogP contribution in [0.1, 0.15) is 11.5 Å². The first-order valence-corrected chi connectivity index (χ1v) is 6.99. The van der Waals surface area contributed by atoms with Crippen molar-refractivity contribution >= 4 is 15.9 Å². The quantitative estimate of drug-likeness (QED) is 0.800. The maximum atomic E-state index is 3.49. The van der Waals surface area contributed by atoms with E-state index in [9.17, 15) is 0 Å². The van der Waals surface area contributed by atoms with Gasteiger partial charge >= 0.3 is 0 Å². The van der Waals surface area contributed by atoms with Crippen molar-refractivity contribution in [3.05, 3.63) is 46.5 Å². The highest BCUT2D eigenvalue weighted by molar-refractivity contribution is 9.10. The molecule has 2 aliphatic heterocycles. The summed E-state index contributed by atoms with van der Waals surface area (Å²) < 4.78 is 1.16. The number of hydrogen-bond acceptors (Lipinski definition) is 2. The van der Waals surface area contributed by atoms with Gasteiger partial charge in [0.15, 0.2) is 0 Å². The Labute approximate surface area is 111 Å². The van der Waals surface area contributed by atoms with Crippen LogP contribution in [-0.4, -0.2) is 37.1 Å². The standard InChI is InChI=1S/C14H17BrN2/c15-12-5-3-11(4-6-12)13-10-17-8-2-1-7-16-9-14(13)17/h1-6,13-14,16H,7-10H2. The number of fused-ring (bicyclic) bond motifs is 1. The molecule has 0 saturated carbocycles. The average Bonchev–Trinajstić information content (AvgIpc) is 2.30. The summed E-state index contributed by atoms with van der Waals surface area (Å²) in [6, 6.07) is 9.46. The second-order valence-corrected chi connectivity index (χ2v) is 5.72. The molecular formula is C14H17BrN2. The van der Waals surface area contributed by atoms with Crippen LogP contribution in [-0.2, 0) is 0 Å².